The lowest BCUT2D eigenvalue weighted by molar-refractivity contribution is -0.392. The molecule has 0 saturated carbocycles. The molecule has 0 bridgehead atoms. The molecule has 0 amide bonds. The van der Waals surface area contributed by atoms with E-state index in [0.717, 1.165) is 21.6 Å². The summed E-state index contributed by atoms with van der Waals surface area (Å²) in [7, 11) is 2.06. The van der Waals surface area contributed by atoms with Gasteiger partial charge in [-0.05, 0) is 65.7 Å². The van der Waals surface area contributed by atoms with Crippen molar-refractivity contribution in [2.75, 3.05) is 0 Å². The van der Waals surface area contributed by atoms with Gasteiger partial charge in [-0.1, -0.05) is 0 Å². The average molecular weight is 310 g/mol. The van der Waals surface area contributed by atoms with Crippen LogP contribution in [-0.4, -0.2) is 19.8 Å². The highest BCUT2D eigenvalue weighted by atomic mass is 33.1. The van der Waals surface area contributed by atoms with E-state index in [1.54, 1.807) is 12.1 Å². The Kier molecular flexibility index (Phi) is 4.48. The Hall–Kier alpha value is -2.20. The molecule has 2 rings (SSSR count). The maximum Gasteiger partial charge on any atom is 0.378 e. The average Bonchev–Trinajstić information content (AvgIpc) is 2.45. The van der Waals surface area contributed by atoms with E-state index < -0.39 is 9.85 Å². The molecule has 2 aromatic rings. The minimum absolute atomic E-state index is 0.281. The van der Waals surface area contributed by atoms with Crippen LogP contribution in [0.2, 0.25) is 0 Å². The smallest absolute Gasteiger partial charge is 0.358 e. The highest BCUT2D eigenvalue weighted by Gasteiger charge is 2.19. The normalized spacial score (nSPS) is 10.2. The third-order valence-corrected chi connectivity index (χ3v) is 4.48. The molecule has 2 aromatic heterocycles. The first-order valence-electron chi connectivity index (χ1n) is 5.13. The molecule has 0 unspecified atom stereocenters. The SMILES string of the molecule is O=[N+]([O-])c1ncccc1SSc1cccnc1[N+](=O)[O-]. The highest BCUT2D eigenvalue weighted by Crippen LogP contribution is 2.43. The van der Waals surface area contributed by atoms with Crippen molar-refractivity contribution >= 4 is 33.2 Å². The summed E-state index contributed by atoms with van der Waals surface area (Å²) in [5, 5.41) is 21.6. The van der Waals surface area contributed by atoms with Crippen LogP contribution in [0, 0.1) is 20.2 Å². The lowest BCUT2D eigenvalue weighted by Crippen LogP contribution is -1.94. The van der Waals surface area contributed by atoms with Gasteiger partial charge in [0, 0.05) is 0 Å². The third kappa shape index (κ3) is 3.22. The molecular weight excluding hydrogens is 304 g/mol. The molecule has 20 heavy (non-hydrogen) atoms. The largest absolute Gasteiger partial charge is 0.378 e. The number of aromatic nitrogens is 2. The predicted molar refractivity (Wildman–Crippen MR) is 73.5 cm³/mol. The fraction of sp³-hybridized carbons (Fsp3) is 0. The zero-order valence-electron chi connectivity index (χ0n) is 9.70. The summed E-state index contributed by atoms with van der Waals surface area (Å²) in [5.74, 6) is -0.562. The first kappa shape index (κ1) is 14.2. The van der Waals surface area contributed by atoms with E-state index in [4.69, 9.17) is 0 Å². The van der Waals surface area contributed by atoms with Crippen molar-refractivity contribution in [3.63, 3.8) is 0 Å². The Bertz CT molecular complexity index is 610. The second-order valence-corrected chi connectivity index (χ2v) is 5.54. The molecule has 0 aliphatic heterocycles. The summed E-state index contributed by atoms with van der Waals surface area (Å²) >= 11 is 0. The van der Waals surface area contributed by atoms with Gasteiger partial charge in [0.25, 0.3) is 0 Å². The van der Waals surface area contributed by atoms with Gasteiger partial charge in [0.15, 0.2) is 0 Å². The quantitative estimate of drug-likeness (QED) is 0.470. The van der Waals surface area contributed by atoms with Crippen LogP contribution >= 0.6 is 21.6 Å². The second-order valence-electron chi connectivity index (χ2n) is 3.33. The minimum Gasteiger partial charge on any atom is -0.358 e. The van der Waals surface area contributed by atoms with E-state index in [1.807, 2.05) is 0 Å². The maximum atomic E-state index is 10.8. The van der Waals surface area contributed by atoms with Crippen molar-refractivity contribution in [1.29, 1.82) is 0 Å². The van der Waals surface area contributed by atoms with Crippen LogP contribution in [0.1, 0.15) is 0 Å². The Morgan fingerprint density at radius 2 is 1.25 bits per heavy atom. The summed E-state index contributed by atoms with van der Waals surface area (Å²) in [6, 6.07) is 6.19. The van der Waals surface area contributed by atoms with E-state index in [0.29, 0.717) is 9.79 Å². The molecule has 8 nitrogen and oxygen atoms in total. The molecule has 0 spiro atoms. The van der Waals surface area contributed by atoms with Crippen LogP contribution in [0.15, 0.2) is 46.5 Å². The highest BCUT2D eigenvalue weighted by molar-refractivity contribution is 8.76. The molecule has 0 N–H and O–H groups in total. The van der Waals surface area contributed by atoms with Crippen LogP contribution in [-0.2, 0) is 0 Å². The fourth-order valence-corrected chi connectivity index (χ4v) is 3.43. The standard InChI is InChI=1S/C10H6N4O4S2/c15-13(16)9-7(3-1-5-11-9)19-20-8-4-2-6-12-10(8)14(17)18/h1-6H. The van der Waals surface area contributed by atoms with Crippen LogP contribution in [0.3, 0.4) is 0 Å². The van der Waals surface area contributed by atoms with Gasteiger partial charge in [0.2, 0.25) is 0 Å². The molecule has 0 aliphatic carbocycles. The molecule has 2 heterocycles. The first-order chi connectivity index (χ1) is 9.59. The molecular formula is C10H6N4O4S2. The predicted octanol–water partition coefficient (Wildman–Crippen LogP) is 3.09. The Labute approximate surface area is 120 Å². The molecule has 0 aliphatic rings. The molecule has 0 atom stereocenters. The number of hydrogen-bond donors (Lipinski definition) is 0. The number of hydrogen-bond acceptors (Lipinski definition) is 8. The summed E-state index contributed by atoms with van der Waals surface area (Å²) in [6.45, 7) is 0. The summed E-state index contributed by atoms with van der Waals surface area (Å²) in [6.07, 6.45) is 2.64. The summed E-state index contributed by atoms with van der Waals surface area (Å²) in [5.41, 5.74) is 0. The monoisotopic (exact) mass is 310 g/mol. The van der Waals surface area contributed by atoms with Gasteiger partial charge >= 0.3 is 11.6 Å². The van der Waals surface area contributed by atoms with E-state index in [1.165, 1.54) is 24.5 Å². The first-order valence-corrected chi connectivity index (χ1v) is 7.28. The number of nitro groups is 2. The van der Waals surface area contributed by atoms with Crippen LogP contribution in [0.4, 0.5) is 11.6 Å². The zero-order valence-corrected chi connectivity index (χ0v) is 11.3. The molecule has 0 saturated heterocycles. The van der Waals surface area contributed by atoms with Gasteiger partial charge in [-0.3, -0.25) is 0 Å². The minimum atomic E-state index is -0.597. The van der Waals surface area contributed by atoms with Gasteiger partial charge in [-0.15, -0.1) is 0 Å². The molecule has 0 aromatic carbocycles. The Morgan fingerprint density at radius 1 is 0.850 bits per heavy atom. The number of pyridine rings is 2. The molecule has 102 valence electrons. The fourth-order valence-electron chi connectivity index (χ4n) is 1.26. The maximum absolute atomic E-state index is 10.8. The van der Waals surface area contributed by atoms with Crippen molar-refractivity contribution in [2.24, 2.45) is 0 Å². The van der Waals surface area contributed by atoms with E-state index >= 15 is 0 Å². The number of nitrogens with zero attached hydrogens (tertiary/aromatic N) is 4. The molecule has 0 radical (unpaired) electrons. The van der Waals surface area contributed by atoms with E-state index in [2.05, 4.69) is 9.97 Å². The zero-order chi connectivity index (χ0) is 14.5. The van der Waals surface area contributed by atoms with Gasteiger partial charge in [-0.25, -0.2) is 0 Å². The molecule has 0 fully saturated rings. The van der Waals surface area contributed by atoms with Crippen LogP contribution < -0.4 is 0 Å². The topological polar surface area (TPSA) is 112 Å². The van der Waals surface area contributed by atoms with Crippen LogP contribution in [0.5, 0.6) is 0 Å². The van der Waals surface area contributed by atoms with Crippen molar-refractivity contribution in [3.8, 4) is 0 Å². The third-order valence-electron chi connectivity index (χ3n) is 2.07. The van der Waals surface area contributed by atoms with Gasteiger partial charge < -0.3 is 20.2 Å². The van der Waals surface area contributed by atoms with Gasteiger partial charge in [0.1, 0.15) is 22.2 Å². The Morgan fingerprint density at radius 3 is 1.60 bits per heavy atom. The van der Waals surface area contributed by atoms with Crippen molar-refractivity contribution < 1.29 is 9.85 Å². The van der Waals surface area contributed by atoms with Crippen molar-refractivity contribution in [3.05, 3.63) is 56.9 Å². The Balaban J connectivity index is 2.22. The van der Waals surface area contributed by atoms with Crippen molar-refractivity contribution in [1.82, 2.24) is 9.97 Å². The summed E-state index contributed by atoms with van der Waals surface area (Å²) in [4.78, 5) is 28.4. The van der Waals surface area contributed by atoms with Crippen LogP contribution in [0.25, 0.3) is 0 Å². The van der Waals surface area contributed by atoms with Gasteiger partial charge in [-0.2, -0.15) is 0 Å². The second kappa shape index (κ2) is 6.30. The molecule has 10 heteroatoms. The number of rotatable bonds is 5. The summed E-state index contributed by atoms with van der Waals surface area (Å²) < 4.78 is 0. The van der Waals surface area contributed by atoms with Gasteiger partial charge in [0.05, 0.1) is 0 Å². The van der Waals surface area contributed by atoms with E-state index in [9.17, 15) is 20.2 Å². The van der Waals surface area contributed by atoms with E-state index in [-0.39, 0.29) is 11.6 Å². The lowest BCUT2D eigenvalue weighted by atomic mass is 10.5. The van der Waals surface area contributed by atoms with Crippen molar-refractivity contribution in [2.45, 2.75) is 9.79 Å². The lowest BCUT2D eigenvalue weighted by Gasteiger charge is -2.02.